The molecule has 0 aliphatic rings. The van der Waals surface area contributed by atoms with Crippen molar-refractivity contribution in [3.63, 3.8) is 0 Å². The summed E-state index contributed by atoms with van der Waals surface area (Å²) in [5.41, 5.74) is 0. The molecule has 0 rings (SSSR count). The molecule has 0 aromatic heterocycles. The standard InChI is InChI=1S/2C6H15P.2ClH/c2*1-4-7(5-2)6-3;;/h2*4-6H2,1-3H3;2*1H. The van der Waals surface area contributed by atoms with E-state index in [4.69, 9.17) is 0 Å². The monoisotopic (exact) mass is 308 g/mol. The van der Waals surface area contributed by atoms with Gasteiger partial charge in [0.25, 0.3) is 0 Å². The highest BCUT2D eigenvalue weighted by Gasteiger charge is 1.94. The first-order valence-electron chi connectivity index (χ1n) is 6.14. The van der Waals surface area contributed by atoms with Crippen molar-refractivity contribution in [1.29, 1.82) is 0 Å². The Hall–Kier alpha value is 1.44. The SMILES string of the molecule is CCP(CC)CC.CCP(CC)CC.Cl.Cl. The topological polar surface area (TPSA) is 0 Å². The van der Waals surface area contributed by atoms with Crippen LogP contribution in [0.4, 0.5) is 0 Å². The number of rotatable bonds is 6. The summed E-state index contributed by atoms with van der Waals surface area (Å²) in [4.78, 5) is 0. The van der Waals surface area contributed by atoms with Crippen LogP contribution in [0, 0.1) is 0 Å². The van der Waals surface area contributed by atoms with Crippen LogP contribution in [-0.2, 0) is 0 Å². The molecule has 0 heterocycles. The van der Waals surface area contributed by atoms with Gasteiger partial charge in [-0.3, -0.25) is 0 Å². The maximum Gasteiger partial charge on any atom is -0.0355 e. The highest BCUT2D eigenvalue weighted by molar-refractivity contribution is 7.57. The van der Waals surface area contributed by atoms with Crippen LogP contribution in [0.25, 0.3) is 0 Å². The highest BCUT2D eigenvalue weighted by Crippen LogP contribution is 2.32. The Morgan fingerprint density at radius 1 is 0.438 bits per heavy atom. The minimum Gasteiger partial charge on any atom is -0.147 e. The minimum absolute atomic E-state index is 0. The first-order valence-corrected chi connectivity index (χ1v) is 9.93. The molecule has 104 valence electrons. The predicted octanol–water partition coefficient (Wildman–Crippen LogP) is 5.90. The Balaban J connectivity index is -0.0000000800. The lowest BCUT2D eigenvalue weighted by Crippen LogP contribution is -1.83. The second-order valence-electron chi connectivity index (χ2n) is 3.24. The predicted molar refractivity (Wildman–Crippen MR) is 91.6 cm³/mol. The van der Waals surface area contributed by atoms with E-state index < -0.39 is 0 Å². The molecular formula is C12H32Cl2P2. The van der Waals surface area contributed by atoms with Crippen LogP contribution in [0.15, 0.2) is 0 Å². The molecule has 0 aromatic rings. The van der Waals surface area contributed by atoms with Crippen molar-refractivity contribution >= 4 is 40.7 Å². The molecule has 0 fully saturated rings. The van der Waals surface area contributed by atoms with E-state index in [1.54, 1.807) is 0 Å². The van der Waals surface area contributed by atoms with Gasteiger partial charge in [-0.15, -0.1) is 40.7 Å². The van der Waals surface area contributed by atoms with E-state index in [9.17, 15) is 0 Å². The fourth-order valence-corrected chi connectivity index (χ4v) is 4.02. The molecule has 0 amide bonds. The molecule has 4 heteroatoms. The quantitative estimate of drug-likeness (QED) is 0.536. The van der Waals surface area contributed by atoms with Crippen LogP contribution in [0.1, 0.15) is 41.5 Å². The largest absolute Gasteiger partial charge is 0.147 e. The number of halogens is 2. The van der Waals surface area contributed by atoms with E-state index in [-0.39, 0.29) is 24.8 Å². The van der Waals surface area contributed by atoms with Gasteiger partial charge in [0.1, 0.15) is 0 Å². The number of hydrogen-bond acceptors (Lipinski definition) is 0. The first-order chi connectivity index (χ1) is 6.69. The lowest BCUT2D eigenvalue weighted by Gasteiger charge is -2.07. The Morgan fingerprint density at radius 2 is 0.562 bits per heavy atom. The van der Waals surface area contributed by atoms with E-state index in [2.05, 4.69) is 41.5 Å². The minimum atomic E-state index is 0. The smallest absolute Gasteiger partial charge is 0.0355 e. The van der Waals surface area contributed by atoms with E-state index >= 15 is 0 Å². The number of hydrogen-bond donors (Lipinski definition) is 0. The van der Waals surface area contributed by atoms with E-state index in [1.165, 1.54) is 37.0 Å². The Bertz CT molecular complexity index is 72.0. The van der Waals surface area contributed by atoms with Crippen LogP contribution < -0.4 is 0 Å². The van der Waals surface area contributed by atoms with Gasteiger partial charge < -0.3 is 0 Å². The van der Waals surface area contributed by atoms with Gasteiger partial charge in [0, 0.05) is 0 Å². The van der Waals surface area contributed by atoms with Gasteiger partial charge in [-0.05, 0) is 37.0 Å². The molecule has 0 aliphatic heterocycles. The molecule has 0 unspecified atom stereocenters. The van der Waals surface area contributed by atoms with Gasteiger partial charge in [0.2, 0.25) is 0 Å². The third-order valence-corrected chi connectivity index (χ3v) is 8.05. The van der Waals surface area contributed by atoms with E-state index in [0.717, 1.165) is 0 Å². The van der Waals surface area contributed by atoms with Crippen LogP contribution in [-0.4, -0.2) is 37.0 Å². The lowest BCUT2D eigenvalue weighted by atomic mass is 10.9. The highest BCUT2D eigenvalue weighted by atomic mass is 35.5. The zero-order chi connectivity index (χ0) is 11.4. The molecule has 16 heavy (non-hydrogen) atoms. The molecular weight excluding hydrogens is 277 g/mol. The summed E-state index contributed by atoms with van der Waals surface area (Å²) in [7, 11) is 0.892. The molecule has 0 radical (unpaired) electrons. The van der Waals surface area contributed by atoms with Crippen molar-refractivity contribution < 1.29 is 0 Å². The average Bonchev–Trinajstić information content (AvgIpc) is 2.24. The summed E-state index contributed by atoms with van der Waals surface area (Å²) in [6.45, 7) is 13.7. The summed E-state index contributed by atoms with van der Waals surface area (Å²) >= 11 is 0. The van der Waals surface area contributed by atoms with Gasteiger partial charge in [-0.1, -0.05) is 41.5 Å². The zero-order valence-electron chi connectivity index (χ0n) is 12.0. The fraction of sp³-hybridized carbons (Fsp3) is 1.00. The summed E-state index contributed by atoms with van der Waals surface area (Å²) in [5.74, 6) is 0. The van der Waals surface area contributed by atoms with Crippen molar-refractivity contribution in [3.05, 3.63) is 0 Å². The van der Waals surface area contributed by atoms with Gasteiger partial charge in [0.05, 0.1) is 0 Å². The maximum absolute atomic E-state index is 2.29. The molecule has 0 spiro atoms. The molecule has 0 aromatic carbocycles. The van der Waals surface area contributed by atoms with E-state index in [0.29, 0.717) is 15.8 Å². The first kappa shape index (κ1) is 26.1. The normalized spacial score (nSPS) is 9.00. The van der Waals surface area contributed by atoms with Crippen molar-refractivity contribution in [2.75, 3.05) is 37.0 Å². The Morgan fingerprint density at radius 3 is 0.562 bits per heavy atom. The zero-order valence-corrected chi connectivity index (χ0v) is 15.4. The van der Waals surface area contributed by atoms with Crippen LogP contribution in [0.2, 0.25) is 0 Å². The van der Waals surface area contributed by atoms with Crippen LogP contribution >= 0.6 is 40.7 Å². The summed E-state index contributed by atoms with van der Waals surface area (Å²) in [6, 6.07) is 0. The van der Waals surface area contributed by atoms with Crippen molar-refractivity contribution in [2.45, 2.75) is 41.5 Å². The van der Waals surface area contributed by atoms with E-state index in [1.807, 2.05) is 0 Å². The second kappa shape index (κ2) is 21.7. The van der Waals surface area contributed by atoms with Crippen molar-refractivity contribution in [1.82, 2.24) is 0 Å². The molecule has 0 atom stereocenters. The van der Waals surface area contributed by atoms with Crippen LogP contribution in [0.5, 0.6) is 0 Å². The summed E-state index contributed by atoms with van der Waals surface area (Å²) in [6.07, 6.45) is 8.51. The molecule has 0 bridgehead atoms. The fourth-order valence-electron chi connectivity index (χ4n) is 1.34. The average molecular weight is 309 g/mol. The molecule has 0 saturated heterocycles. The van der Waals surface area contributed by atoms with Gasteiger partial charge in [-0.2, -0.15) is 0 Å². The Kier molecular flexibility index (Phi) is 35.4. The molecule has 0 saturated carbocycles. The van der Waals surface area contributed by atoms with Gasteiger partial charge >= 0.3 is 0 Å². The summed E-state index contributed by atoms with van der Waals surface area (Å²) < 4.78 is 0. The Labute approximate surface area is 119 Å². The second-order valence-corrected chi connectivity index (χ2v) is 9.72. The molecule has 0 aliphatic carbocycles. The van der Waals surface area contributed by atoms with Crippen molar-refractivity contribution in [2.24, 2.45) is 0 Å². The molecule has 0 N–H and O–H groups in total. The molecule has 0 nitrogen and oxygen atoms in total. The van der Waals surface area contributed by atoms with Gasteiger partial charge in [0.15, 0.2) is 0 Å². The van der Waals surface area contributed by atoms with Crippen LogP contribution in [0.3, 0.4) is 0 Å². The third kappa shape index (κ3) is 17.8. The van der Waals surface area contributed by atoms with Gasteiger partial charge in [-0.25, -0.2) is 0 Å². The van der Waals surface area contributed by atoms with Crippen molar-refractivity contribution in [3.8, 4) is 0 Å². The third-order valence-electron chi connectivity index (χ3n) is 2.68. The summed E-state index contributed by atoms with van der Waals surface area (Å²) in [5, 5.41) is 0. The maximum atomic E-state index is 2.29. The lowest BCUT2D eigenvalue weighted by molar-refractivity contribution is 1.35.